The number of halogens is 1. The number of carbonyl (C=O) groups excluding carboxylic acids is 1. The van der Waals surface area contributed by atoms with Gasteiger partial charge in [-0.25, -0.2) is 9.79 Å². The van der Waals surface area contributed by atoms with E-state index in [0.717, 1.165) is 22.0 Å². The van der Waals surface area contributed by atoms with Gasteiger partial charge >= 0.3 is 5.97 Å². The fourth-order valence-electron chi connectivity index (χ4n) is 4.30. The van der Waals surface area contributed by atoms with Gasteiger partial charge in [0.15, 0.2) is 16.3 Å². The van der Waals surface area contributed by atoms with Crippen molar-refractivity contribution in [2.75, 3.05) is 13.7 Å². The molecule has 9 heteroatoms. The normalized spacial score (nSPS) is 16.1. The van der Waals surface area contributed by atoms with Gasteiger partial charge < -0.3 is 14.2 Å². The lowest BCUT2D eigenvalue weighted by Crippen LogP contribution is -2.40. The first kappa shape index (κ1) is 27.9. The van der Waals surface area contributed by atoms with Gasteiger partial charge in [-0.3, -0.25) is 9.36 Å². The third kappa shape index (κ3) is 5.49. The second-order valence-corrected chi connectivity index (χ2v) is 10.7. The first-order valence-corrected chi connectivity index (χ1v) is 14.2. The summed E-state index contributed by atoms with van der Waals surface area (Å²) in [7, 11) is 1.35. The number of carbonyl (C=O) groups is 1. The molecular weight excluding hydrogens is 568 g/mol. The van der Waals surface area contributed by atoms with Crippen LogP contribution in [-0.4, -0.2) is 30.4 Å². The van der Waals surface area contributed by atoms with Crippen LogP contribution in [-0.2, 0) is 9.53 Å². The zero-order valence-corrected chi connectivity index (χ0v) is 24.5. The van der Waals surface area contributed by atoms with Crippen LogP contribution >= 0.6 is 27.3 Å². The lowest BCUT2D eigenvalue weighted by atomic mass is 9.95. The summed E-state index contributed by atoms with van der Waals surface area (Å²) in [6.07, 6.45) is 3.23. The van der Waals surface area contributed by atoms with E-state index in [2.05, 4.69) is 22.9 Å². The summed E-state index contributed by atoms with van der Waals surface area (Å²) in [6.45, 7) is 8.40. The minimum absolute atomic E-state index is 0.0230. The molecule has 1 aliphatic heterocycles. The predicted molar refractivity (Wildman–Crippen MR) is 153 cm³/mol. The van der Waals surface area contributed by atoms with E-state index in [-0.39, 0.29) is 11.7 Å². The highest BCUT2D eigenvalue weighted by molar-refractivity contribution is 9.10. The second kappa shape index (κ2) is 12.1. The maximum Gasteiger partial charge on any atom is 0.338 e. The quantitative estimate of drug-likeness (QED) is 0.319. The molecule has 2 atom stereocenters. The molecule has 0 unspecified atom stereocenters. The number of ether oxygens (including phenoxy) is 3. The number of aromatic nitrogens is 1. The molecule has 0 spiro atoms. The highest BCUT2D eigenvalue weighted by Crippen LogP contribution is 2.38. The Bertz CT molecular complexity index is 1540. The van der Waals surface area contributed by atoms with E-state index in [0.29, 0.717) is 45.1 Å². The molecule has 38 heavy (non-hydrogen) atoms. The van der Waals surface area contributed by atoms with Crippen molar-refractivity contribution < 1.29 is 19.0 Å². The monoisotopic (exact) mass is 598 g/mol. The predicted octanol–water partition coefficient (Wildman–Crippen LogP) is 5.14. The molecule has 4 rings (SSSR count). The van der Waals surface area contributed by atoms with E-state index in [1.54, 1.807) is 4.57 Å². The Morgan fingerprint density at radius 1 is 1.21 bits per heavy atom. The number of hydrogen-bond acceptors (Lipinski definition) is 7. The van der Waals surface area contributed by atoms with Gasteiger partial charge in [0.05, 0.1) is 46.1 Å². The van der Waals surface area contributed by atoms with E-state index in [9.17, 15) is 9.59 Å². The molecule has 200 valence electrons. The minimum atomic E-state index is -0.631. The number of benzene rings is 2. The number of fused-ring (bicyclic) bond motifs is 1. The lowest BCUT2D eigenvalue weighted by molar-refractivity contribution is -0.136. The Morgan fingerprint density at radius 2 is 1.95 bits per heavy atom. The maximum absolute atomic E-state index is 13.8. The molecule has 1 aliphatic rings. The van der Waals surface area contributed by atoms with E-state index < -0.39 is 12.0 Å². The van der Waals surface area contributed by atoms with Crippen LogP contribution < -0.4 is 24.4 Å². The molecule has 0 amide bonds. The van der Waals surface area contributed by atoms with Crippen molar-refractivity contribution >= 4 is 39.3 Å². The number of allylic oxidation sites excluding steroid dienone is 1. The molecule has 0 aliphatic carbocycles. The molecule has 1 aromatic heterocycles. The van der Waals surface area contributed by atoms with Crippen molar-refractivity contribution in [3.05, 3.63) is 89.0 Å². The van der Waals surface area contributed by atoms with Gasteiger partial charge in [0.2, 0.25) is 0 Å². The van der Waals surface area contributed by atoms with Gasteiger partial charge in [-0.2, -0.15) is 0 Å². The Balaban J connectivity index is 1.91. The summed E-state index contributed by atoms with van der Waals surface area (Å²) in [5.41, 5.74) is 2.36. The van der Waals surface area contributed by atoms with Gasteiger partial charge in [-0.05, 0) is 72.0 Å². The number of methoxy groups -OCH3 is 1. The molecule has 7 nitrogen and oxygen atoms in total. The van der Waals surface area contributed by atoms with E-state index in [1.165, 1.54) is 18.4 Å². The Kier molecular flexibility index (Phi) is 8.89. The van der Waals surface area contributed by atoms with Crippen molar-refractivity contribution in [1.82, 2.24) is 4.57 Å². The average molecular weight is 600 g/mol. The molecular formula is C29H31BrN2O5S. The lowest BCUT2D eigenvalue weighted by Gasteiger charge is -2.25. The average Bonchev–Trinajstić information content (AvgIpc) is 3.23. The van der Waals surface area contributed by atoms with Gasteiger partial charge in [-0.15, -0.1) is 0 Å². The number of nitrogens with zero attached hydrogens (tertiary/aromatic N) is 2. The van der Waals surface area contributed by atoms with E-state index >= 15 is 0 Å². The zero-order valence-electron chi connectivity index (χ0n) is 22.1. The molecule has 2 heterocycles. The molecule has 0 saturated carbocycles. The van der Waals surface area contributed by atoms with Crippen LogP contribution in [0.5, 0.6) is 11.5 Å². The van der Waals surface area contributed by atoms with Gasteiger partial charge in [0.1, 0.15) is 0 Å². The number of thiazole rings is 1. The number of rotatable bonds is 9. The van der Waals surface area contributed by atoms with Crippen LogP contribution in [0.15, 0.2) is 68.0 Å². The molecule has 0 N–H and O–H groups in total. The Morgan fingerprint density at radius 3 is 2.58 bits per heavy atom. The molecule has 0 radical (unpaired) electrons. The van der Waals surface area contributed by atoms with Crippen molar-refractivity contribution in [2.45, 2.75) is 52.7 Å². The molecule has 0 fully saturated rings. The van der Waals surface area contributed by atoms with Crippen LogP contribution in [0.2, 0.25) is 0 Å². The van der Waals surface area contributed by atoms with Gasteiger partial charge in [0, 0.05) is 0 Å². The largest absolute Gasteiger partial charge is 0.490 e. The standard InChI is InChI=1S/C29H31BrN2O5S/c1-6-17(4)37-26-20(30)14-18(15-22(26)36-8-3)16-23-27(33)32-25(19-12-10-9-11-13-19)24(28(34)35-5)21(7-2)31-29(32)38-23/h9-17,25H,6-8H2,1-5H3/b23-16+/t17-,25+/m0/s1. The van der Waals surface area contributed by atoms with Crippen LogP contribution in [0.3, 0.4) is 0 Å². The van der Waals surface area contributed by atoms with Crippen LogP contribution in [0.1, 0.15) is 57.7 Å². The SMILES string of the molecule is CCOc1cc(/C=c2/sc3n(c2=O)[C@H](c2ccccc2)C(C(=O)OC)=C(CC)N=3)cc(Br)c1O[C@@H](C)CC. The van der Waals surface area contributed by atoms with Crippen molar-refractivity contribution in [3.63, 3.8) is 0 Å². The fraction of sp³-hybridized carbons (Fsp3) is 0.345. The Hall–Kier alpha value is -3.17. The summed E-state index contributed by atoms with van der Waals surface area (Å²) in [5.74, 6) is 0.750. The zero-order chi connectivity index (χ0) is 27.4. The van der Waals surface area contributed by atoms with E-state index in [4.69, 9.17) is 19.2 Å². The molecule has 2 aromatic carbocycles. The first-order chi connectivity index (χ1) is 18.3. The highest BCUT2D eigenvalue weighted by Gasteiger charge is 2.33. The van der Waals surface area contributed by atoms with Crippen LogP contribution in [0.25, 0.3) is 6.08 Å². The third-order valence-corrected chi connectivity index (χ3v) is 7.86. The second-order valence-electron chi connectivity index (χ2n) is 8.80. The third-order valence-electron chi connectivity index (χ3n) is 6.29. The molecule has 3 aromatic rings. The topological polar surface area (TPSA) is 79.1 Å². The van der Waals surface area contributed by atoms with Crippen LogP contribution in [0, 0.1) is 0 Å². The summed E-state index contributed by atoms with van der Waals surface area (Å²) in [4.78, 5) is 32.0. The summed E-state index contributed by atoms with van der Waals surface area (Å²) < 4.78 is 19.9. The van der Waals surface area contributed by atoms with Crippen molar-refractivity contribution in [2.24, 2.45) is 4.99 Å². The number of esters is 1. The summed E-state index contributed by atoms with van der Waals surface area (Å²) in [6, 6.07) is 12.6. The van der Waals surface area contributed by atoms with Crippen molar-refractivity contribution in [3.8, 4) is 11.5 Å². The minimum Gasteiger partial charge on any atom is -0.490 e. The summed E-state index contributed by atoms with van der Waals surface area (Å²) >= 11 is 4.92. The Labute approximate surface area is 234 Å². The van der Waals surface area contributed by atoms with Gasteiger partial charge in [0.25, 0.3) is 5.56 Å². The maximum atomic E-state index is 13.8. The highest BCUT2D eigenvalue weighted by atomic mass is 79.9. The molecule has 0 saturated heterocycles. The van der Waals surface area contributed by atoms with Crippen molar-refractivity contribution in [1.29, 1.82) is 0 Å². The van der Waals surface area contributed by atoms with Crippen LogP contribution in [0.4, 0.5) is 0 Å². The smallest absolute Gasteiger partial charge is 0.338 e. The van der Waals surface area contributed by atoms with E-state index in [1.807, 2.05) is 69.3 Å². The fourth-order valence-corrected chi connectivity index (χ4v) is 5.87. The summed E-state index contributed by atoms with van der Waals surface area (Å²) in [5, 5.41) is 0. The first-order valence-electron chi connectivity index (χ1n) is 12.6. The molecule has 0 bridgehead atoms. The number of hydrogen-bond donors (Lipinski definition) is 0. The van der Waals surface area contributed by atoms with Gasteiger partial charge in [-0.1, -0.05) is 55.5 Å².